The van der Waals surface area contributed by atoms with Crippen LogP contribution in [0, 0.1) is 11.3 Å². The van der Waals surface area contributed by atoms with Crippen LogP contribution in [0.1, 0.15) is 18.4 Å². The standard InChI is InChI=1S/C29H25N5O4S/c1-33-19-22(18-32-33)27-16-26-25(9-12-31-29(26)34(27)39(35,36)24-5-3-2-4-6-24)20-7-8-28(21(15-20)17-30)38-23-10-13-37-14-11-23/h2-9,12,15-16,18-19,23H,10-11,13-14H2,1H3. The van der Waals surface area contributed by atoms with E-state index in [1.54, 1.807) is 72.8 Å². The number of rotatable bonds is 6. The van der Waals surface area contributed by atoms with E-state index >= 15 is 0 Å². The molecule has 1 aliphatic rings. The molecule has 0 unspecified atom stereocenters. The van der Waals surface area contributed by atoms with E-state index in [2.05, 4.69) is 16.2 Å². The zero-order valence-corrected chi connectivity index (χ0v) is 22.0. The van der Waals surface area contributed by atoms with Crippen molar-refractivity contribution in [2.24, 2.45) is 7.05 Å². The van der Waals surface area contributed by atoms with E-state index in [-0.39, 0.29) is 16.6 Å². The number of pyridine rings is 1. The first-order valence-electron chi connectivity index (χ1n) is 12.5. The van der Waals surface area contributed by atoms with Gasteiger partial charge in [-0.25, -0.2) is 17.4 Å². The minimum Gasteiger partial charge on any atom is -0.489 e. The lowest BCUT2D eigenvalue weighted by atomic mass is 10.0. The van der Waals surface area contributed by atoms with Gasteiger partial charge in [0.2, 0.25) is 0 Å². The molecular weight excluding hydrogens is 514 g/mol. The maximum atomic E-state index is 13.9. The van der Waals surface area contributed by atoms with Crippen molar-refractivity contribution in [2.75, 3.05) is 13.2 Å². The van der Waals surface area contributed by atoms with E-state index in [0.717, 1.165) is 24.0 Å². The van der Waals surface area contributed by atoms with Crippen LogP contribution < -0.4 is 4.74 Å². The molecule has 10 heteroatoms. The summed E-state index contributed by atoms with van der Waals surface area (Å²) in [5, 5.41) is 14.8. The van der Waals surface area contributed by atoms with Crippen molar-refractivity contribution in [3.05, 3.63) is 84.8 Å². The molecule has 0 saturated carbocycles. The highest BCUT2D eigenvalue weighted by molar-refractivity contribution is 7.90. The zero-order chi connectivity index (χ0) is 27.0. The summed E-state index contributed by atoms with van der Waals surface area (Å²) < 4.78 is 42.3. The fraction of sp³-hybridized carbons (Fsp3) is 0.207. The number of hydrogen-bond acceptors (Lipinski definition) is 7. The molecule has 39 heavy (non-hydrogen) atoms. The summed E-state index contributed by atoms with van der Waals surface area (Å²) in [5.74, 6) is 0.527. The lowest BCUT2D eigenvalue weighted by Gasteiger charge is -2.23. The van der Waals surface area contributed by atoms with Gasteiger partial charge in [0.05, 0.1) is 35.6 Å². The minimum absolute atomic E-state index is 0.00333. The molecular formula is C29H25N5O4S. The van der Waals surface area contributed by atoms with Gasteiger partial charge in [0.15, 0.2) is 5.65 Å². The van der Waals surface area contributed by atoms with Crippen LogP contribution >= 0.6 is 0 Å². The molecule has 0 N–H and O–H groups in total. The Labute approximate surface area is 225 Å². The first-order valence-corrected chi connectivity index (χ1v) is 14.0. The number of aromatic nitrogens is 4. The second kappa shape index (κ2) is 10.0. The number of hydrogen-bond donors (Lipinski definition) is 0. The third-order valence-electron chi connectivity index (χ3n) is 6.82. The van der Waals surface area contributed by atoms with Crippen molar-refractivity contribution >= 4 is 21.1 Å². The molecule has 0 spiro atoms. The number of nitrogens with zero attached hydrogens (tertiary/aromatic N) is 5. The first-order chi connectivity index (χ1) is 19.0. The molecule has 0 amide bonds. The van der Waals surface area contributed by atoms with Gasteiger partial charge in [-0.05, 0) is 47.5 Å². The number of fused-ring (bicyclic) bond motifs is 1. The van der Waals surface area contributed by atoms with Crippen molar-refractivity contribution < 1.29 is 17.9 Å². The van der Waals surface area contributed by atoms with Gasteiger partial charge in [0.1, 0.15) is 17.9 Å². The minimum atomic E-state index is -3.99. The fourth-order valence-corrected chi connectivity index (χ4v) is 6.39. The van der Waals surface area contributed by atoms with Gasteiger partial charge >= 0.3 is 0 Å². The van der Waals surface area contributed by atoms with Gasteiger partial charge in [0.25, 0.3) is 10.0 Å². The molecule has 2 aromatic carbocycles. The highest BCUT2D eigenvalue weighted by atomic mass is 32.2. The predicted octanol–water partition coefficient (Wildman–Crippen LogP) is 4.77. The molecule has 6 rings (SSSR count). The second-order valence-electron chi connectivity index (χ2n) is 9.36. The molecule has 0 atom stereocenters. The Bertz CT molecular complexity index is 1810. The van der Waals surface area contributed by atoms with Gasteiger partial charge in [-0.3, -0.25) is 4.68 Å². The van der Waals surface area contributed by atoms with Gasteiger partial charge in [-0.2, -0.15) is 10.4 Å². The quantitative estimate of drug-likeness (QED) is 0.305. The smallest absolute Gasteiger partial charge is 0.269 e. The number of aryl methyl sites for hydroxylation is 1. The molecule has 9 nitrogen and oxygen atoms in total. The van der Waals surface area contributed by atoms with Crippen LogP contribution in [0.5, 0.6) is 5.75 Å². The monoisotopic (exact) mass is 539 g/mol. The van der Waals surface area contributed by atoms with Crippen molar-refractivity contribution in [1.82, 2.24) is 18.7 Å². The van der Waals surface area contributed by atoms with Gasteiger partial charge in [0, 0.05) is 43.2 Å². The Morgan fingerprint density at radius 1 is 1.05 bits per heavy atom. The normalized spacial score (nSPS) is 14.4. The van der Waals surface area contributed by atoms with Crippen molar-refractivity contribution in [1.29, 1.82) is 5.26 Å². The molecule has 0 bridgehead atoms. The Kier molecular flexibility index (Phi) is 6.38. The zero-order valence-electron chi connectivity index (χ0n) is 21.2. The Hall–Kier alpha value is -4.46. The highest BCUT2D eigenvalue weighted by Crippen LogP contribution is 2.37. The molecule has 0 radical (unpaired) electrons. The number of ether oxygens (including phenoxy) is 2. The molecule has 5 aromatic rings. The maximum absolute atomic E-state index is 13.9. The summed E-state index contributed by atoms with van der Waals surface area (Å²) in [4.78, 5) is 4.66. The lowest BCUT2D eigenvalue weighted by Crippen LogP contribution is -2.26. The first kappa shape index (κ1) is 24.9. The fourth-order valence-electron chi connectivity index (χ4n) is 4.88. The average molecular weight is 540 g/mol. The summed E-state index contributed by atoms with van der Waals surface area (Å²) >= 11 is 0. The third-order valence-corrected chi connectivity index (χ3v) is 8.53. The Balaban J connectivity index is 1.51. The molecule has 1 fully saturated rings. The van der Waals surface area contributed by atoms with E-state index < -0.39 is 10.0 Å². The van der Waals surface area contributed by atoms with Crippen LogP contribution in [0.25, 0.3) is 33.4 Å². The molecule has 3 aromatic heterocycles. The van der Waals surface area contributed by atoms with E-state index in [1.165, 1.54) is 3.97 Å². The van der Waals surface area contributed by atoms with Gasteiger partial charge in [-0.1, -0.05) is 24.3 Å². The molecule has 1 aliphatic heterocycles. The van der Waals surface area contributed by atoms with E-state index in [0.29, 0.717) is 41.2 Å². The van der Waals surface area contributed by atoms with Gasteiger partial charge < -0.3 is 9.47 Å². The number of nitriles is 1. The Morgan fingerprint density at radius 3 is 2.56 bits per heavy atom. The molecule has 1 saturated heterocycles. The Morgan fingerprint density at radius 2 is 1.85 bits per heavy atom. The van der Waals surface area contributed by atoms with Crippen LogP contribution in [0.3, 0.4) is 0 Å². The average Bonchev–Trinajstić information content (AvgIpc) is 3.58. The van der Waals surface area contributed by atoms with Crippen LogP contribution in [-0.4, -0.2) is 46.5 Å². The SMILES string of the molecule is Cn1cc(-c2cc3c(-c4ccc(OC5CCOCC5)c(C#N)c4)ccnc3n2S(=O)(=O)c2ccccc2)cn1. The van der Waals surface area contributed by atoms with Crippen LogP contribution in [0.4, 0.5) is 0 Å². The topological polar surface area (TPSA) is 112 Å². The highest BCUT2D eigenvalue weighted by Gasteiger charge is 2.27. The van der Waals surface area contributed by atoms with Crippen molar-refractivity contribution in [3.8, 4) is 34.2 Å². The van der Waals surface area contributed by atoms with Crippen molar-refractivity contribution in [2.45, 2.75) is 23.8 Å². The van der Waals surface area contributed by atoms with Crippen LogP contribution in [0.15, 0.2) is 84.1 Å². The summed E-state index contributed by atoms with van der Waals surface area (Å²) in [6.07, 6.45) is 6.53. The van der Waals surface area contributed by atoms with Crippen LogP contribution in [0.2, 0.25) is 0 Å². The summed E-state index contributed by atoms with van der Waals surface area (Å²) in [6.45, 7) is 1.28. The lowest BCUT2D eigenvalue weighted by molar-refractivity contribution is 0.0254. The molecule has 4 heterocycles. The van der Waals surface area contributed by atoms with Gasteiger partial charge in [-0.15, -0.1) is 0 Å². The van der Waals surface area contributed by atoms with E-state index in [9.17, 15) is 13.7 Å². The van der Waals surface area contributed by atoms with E-state index in [1.807, 2.05) is 18.2 Å². The largest absolute Gasteiger partial charge is 0.489 e. The molecule has 0 aliphatic carbocycles. The predicted molar refractivity (Wildman–Crippen MR) is 146 cm³/mol. The van der Waals surface area contributed by atoms with Crippen LogP contribution in [-0.2, 0) is 21.8 Å². The maximum Gasteiger partial charge on any atom is 0.269 e. The number of benzene rings is 2. The summed E-state index contributed by atoms with van der Waals surface area (Å²) in [5.41, 5.74) is 3.29. The van der Waals surface area contributed by atoms with E-state index in [4.69, 9.17) is 9.47 Å². The van der Waals surface area contributed by atoms with Crippen molar-refractivity contribution in [3.63, 3.8) is 0 Å². The summed E-state index contributed by atoms with van der Waals surface area (Å²) in [7, 11) is -2.22. The summed E-state index contributed by atoms with van der Waals surface area (Å²) in [6, 6.07) is 19.6. The third kappa shape index (κ3) is 4.56. The molecule has 196 valence electrons. The second-order valence-corrected chi connectivity index (χ2v) is 11.1.